The van der Waals surface area contributed by atoms with E-state index in [1.165, 1.54) is 5.57 Å². The van der Waals surface area contributed by atoms with E-state index in [0.29, 0.717) is 44.6 Å². The van der Waals surface area contributed by atoms with Gasteiger partial charge in [0.05, 0.1) is 50.3 Å². The lowest BCUT2D eigenvalue weighted by Gasteiger charge is -2.61. The van der Waals surface area contributed by atoms with Crippen LogP contribution in [0.25, 0.3) is 0 Å². The fraction of sp³-hybridized carbons (Fsp3) is 0.959. The Hall–Kier alpha value is -1.18. The summed E-state index contributed by atoms with van der Waals surface area (Å²) < 4.78 is 60.8. The summed E-state index contributed by atoms with van der Waals surface area (Å²) in [6.07, 6.45) is -25.1. The van der Waals surface area contributed by atoms with Crippen LogP contribution < -0.4 is 0 Å². The molecule has 23 nitrogen and oxygen atoms in total. The smallest absolute Gasteiger partial charge is 0.195 e. The number of rotatable bonds is 10. The highest BCUT2D eigenvalue weighted by Crippen LogP contribution is 2.71. The second-order valence-electron chi connectivity index (χ2n) is 23.2. The molecule has 0 aromatic carbocycles. The van der Waals surface area contributed by atoms with Crippen LogP contribution in [0.15, 0.2) is 11.6 Å². The molecule has 23 heteroatoms. The first-order chi connectivity index (χ1) is 34.1. The molecule has 4 aliphatic carbocycles. The minimum absolute atomic E-state index is 0.0502. The number of allylic oxidation sites excluding steroid dienone is 1. The standard InChI is InChI=1S/C49H78O23/c1-19-7-12-49(64-17-19)41(61)29-26(72-49)14-48(62)24-6-5-21-13-22(8-10-46(21,3)23(24)9-11-47(29,48)4)66-43-37(60)34(57)38(20(2)65-43)69-45-40(71-44-36(59)33(56)31(54)27(15-50)67-44)39(32(55)28(16-51)68-45)70-42-35(58)30(53)25(52)18-63-42/h5,19-20,22-45,50-62H,6-18H2,1-4H3/t19-,20-,22+,23+,24-,25-,26-,27-,28-,29-,30+,31-,32-,33+,34-,35-,36-,37-,38+,39+,40-,41+,42+,43?,44+,45+,46+,47-,48-,49-/m1/s1. The zero-order chi connectivity index (χ0) is 51.6. The molecule has 3 saturated carbocycles. The fourth-order valence-electron chi connectivity index (χ4n) is 14.7. The van der Waals surface area contributed by atoms with Gasteiger partial charge in [0, 0.05) is 24.2 Å². The molecule has 0 amide bonds. The molecule has 30 atom stereocenters. The number of hydrogen-bond donors (Lipinski definition) is 13. The van der Waals surface area contributed by atoms with Gasteiger partial charge in [0.25, 0.3) is 0 Å². The Labute approximate surface area is 417 Å². The van der Waals surface area contributed by atoms with Crippen molar-refractivity contribution in [3.05, 3.63) is 11.6 Å². The Balaban J connectivity index is 0.821. The summed E-state index contributed by atoms with van der Waals surface area (Å²) in [5.41, 5.74) is -0.678. The monoisotopic (exact) mass is 1030 g/mol. The number of aliphatic hydroxyl groups excluding tert-OH is 12. The summed E-state index contributed by atoms with van der Waals surface area (Å²) in [6, 6.07) is 0. The van der Waals surface area contributed by atoms with E-state index in [1.807, 2.05) is 0 Å². The lowest BCUT2D eigenvalue weighted by molar-refractivity contribution is -0.402. The topological polar surface area (TPSA) is 355 Å². The largest absolute Gasteiger partial charge is 0.394 e. The van der Waals surface area contributed by atoms with E-state index in [1.54, 1.807) is 6.92 Å². The molecule has 0 radical (unpaired) electrons. The molecule has 6 aliphatic heterocycles. The predicted octanol–water partition coefficient (Wildman–Crippen LogP) is -3.48. The molecule has 13 N–H and O–H groups in total. The maximum Gasteiger partial charge on any atom is 0.195 e. The number of hydrogen-bond acceptors (Lipinski definition) is 23. The molecule has 6 saturated heterocycles. The summed E-state index contributed by atoms with van der Waals surface area (Å²) in [4.78, 5) is 0. The minimum Gasteiger partial charge on any atom is -0.394 e. The van der Waals surface area contributed by atoms with Crippen molar-refractivity contribution in [1.82, 2.24) is 0 Å². The second-order valence-corrected chi connectivity index (χ2v) is 23.2. The van der Waals surface area contributed by atoms with Gasteiger partial charge in [-0.3, -0.25) is 0 Å². The fourth-order valence-corrected chi connectivity index (χ4v) is 14.7. The summed E-state index contributed by atoms with van der Waals surface area (Å²) in [6.45, 7) is 6.44. The van der Waals surface area contributed by atoms with E-state index >= 15 is 0 Å². The molecule has 1 spiro atoms. The average molecular weight is 1040 g/mol. The van der Waals surface area contributed by atoms with Crippen LogP contribution in [0.2, 0.25) is 0 Å². The van der Waals surface area contributed by atoms with E-state index in [-0.39, 0.29) is 29.3 Å². The maximum atomic E-state index is 12.9. The lowest BCUT2D eigenvalue weighted by atomic mass is 9.45. The molecule has 0 aromatic heterocycles. The molecular formula is C49H78O23. The van der Waals surface area contributed by atoms with Gasteiger partial charge in [-0.05, 0) is 75.0 Å². The lowest BCUT2D eigenvalue weighted by Crippen LogP contribution is -2.68. The molecule has 1 unspecified atom stereocenters. The average Bonchev–Trinajstić information content (AvgIpc) is 3.75. The van der Waals surface area contributed by atoms with Crippen LogP contribution in [-0.2, 0) is 47.4 Å². The highest BCUT2D eigenvalue weighted by Gasteiger charge is 2.75. The van der Waals surface area contributed by atoms with Crippen molar-refractivity contribution in [2.24, 2.45) is 34.5 Å². The van der Waals surface area contributed by atoms with E-state index in [2.05, 4.69) is 26.8 Å². The van der Waals surface area contributed by atoms with Crippen LogP contribution in [-0.4, -0.2) is 239 Å². The van der Waals surface area contributed by atoms with Crippen molar-refractivity contribution in [2.75, 3.05) is 26.4 Å². The van der Waals surface area contributed by atoms with Gasteiger partial charge in [-0.1, -0.05) is 32.4 Å². The normalized spacial score (nSPS) is 57.8. The van der Waals surface area contributed by atoms with Crippen LogP contribution >= 0.6 is 0 Å². The summed E-state index contributed by atoms with van der Waals surface area (Å²) in [7, 11) is 0. The van der Waals surface area contributed by atoms with Gasteiger partial charge >= 0.3 is 0 Å². The number of ether oxygens (including phenoxy) is 10. The third-order valence-electron chi connectivity index (χ3n) is 19.1. The van der Waals surface area contributed by atoms with E-state index < -0.39 is 166 Å². The van der Waals surface area contributed by atoms with Crippen molar-refractivity contribution < 1.29 is 114 Å². The number of aliphatic hydroxyl groups is 13. The first-order valence-corrected chi connectivity index (χ1v) is 26.1. The molecule has 412 valence electrons. The SMILES string of the molecule is C[C@@H]1CC[C@@]2(OC1)O[C@@H]1C[C@@]3(O)[C@@H]4CC=C5C[C@@H](OC6O[C@H](C)[C@H](O[C@@H]7O[C@H](CO)[C@@H](O)[C@H](O[C@@H]8OC[C@@H](O)[C@H](O)[C@H]8O)[C@H]7O[C@@H]7O[C@H](CO)[C@@H](O)[C@H](O)[C@H]7O)[C@H](O)[C@H]6O)CC[C@]5(C)[C@H]4CC[C@]3(C)[C@H]1[C@@H]2O. The molecule has 6 heterocycles. The summed E-state index contributed by atoms with van der Waals surface area (Å²) in [5, 5.41) is 143. The van der Waals surface area contributed by atoms with Crippen LogP contribution in [0.1, 0.15) is 85.5 Å². The molecule has 10 rings (SSSR count). The van der Waals surface area contributed by atoms with Crippen molar-refractivity contribution >= 4 is 0 Å². The first kappa shape index (κ1) is 54.2. The Morgan fingerprint density at radius 1 is 0.625 bits per heavy atom. The molecule has 0 bridgehead atoms. The van der Waals surface area contributed by atoms with Crippen LogP contribution in [0, 0.1) is 34.5 Å². The van der Waals surface area contributed by atoms with Gasteiger partial charge in [0.2, 0.25) is 0 Å². The van der Waals surface area contributed by atoms with Gasteiger partial charge in [0.1, 0.15) is 91.6 Å². The highest BCUT2D eigenvalue weighted by atomic mass is 16.8. The van der Waals surface area contributed by atoms with Crippen molar-refractivity contribution in [3.8, 4) is 0 Å². The van der Waals surface area contributed by atoms with Crippen LogP contribution in [0.4, 0.5) is 0 Å². The van der Waals surface area contributed by atoms with Gasteiger partial charge in [-0.15, -0.1) is 0 Å². The summed E-state index contributed by atoms with van der Waals surface area (Å²) >= 11 is 0. The molecule has 9 fully saturated rings. The zero-order valence-corrected chi connectivity index (χ0v) is 41.2. The van der Waals surface area contributed by atoms with Crippen molar-refractivity contribution in [3.63, 3.8) is 0 Å². The van der Waals surface area contributed by atoms with Crippen molar-refractivity contribution in [2.45, 2.75) is 232 Å². The van der Waals surface area contributed by atoms with E-state index in [4.69, 9.17) is 47.4 Å². The minimum atomic E-state index is -1.98. The highest BCUT2D eigenvalue weighted by molar-refractivity contribution is 5.30. The van der Waals surface area contributed by atoms with Gasteiger partial charge in [-0.25, -0.2) is 0 Å². The predicted molar refractivity (Wildman–Crippen MR) is 239 cm³/mol. The van der Waals surface area contributed by atoms with E-state index in [0.717, 1.165) is 25.7 Å². The second kappa shape index (κ2) is 20.2. The van der Waals surface area contributed by atoms with Crippen LogP contribution in [0.3, 0.4) is 0 Å². The maximum absolute atomic E-state index is 12.9. The number of fused-ring (bicyclic) bond motifs is 7. The molecule has 0 aromatic rings. The molecular weight excluding hydrogens is 957 g/mol. The summed E-state index contributed by atoms with van der Waals surface area (Å²) in [5.74, 6) is -0.756. The van der Waals surface area contributed by atoms with Gasteiger partial charge in [-0.2, -0.15) is 0 Å². The Morgan fingerprint density at radius 3 is 1.99 bits per heavy atom. The third kappa shape index (κ3) is 8.79. The van der Waals surface area contributed by atoms with Gasteiger partial charge in [0.15, 0.2) is 30.9 Å². The van der Waals surface area contributed by atoms with E-state index in [9.17, 15) is 66.4 Å². The molecule has 72 heavy (non-hydrogen) atoms. The Kier molecular flexibility index (Phi) is 15.2. The third-order valence-corrected chi connectivity index (χ3v) is 19.1. The Morgan fingerprint density at radius 2 is 1.28 bits per heavy atom. The quantitative estimate of drug-likeness (QED) is 0.0945. The Bertz CT molecular complexity index is 1920. The zero-order valence-electron chi connectivity index (χ0n) is 41.2. The van der Waals surface area contributed by atoms with Gasteiger partial charge < -0.3 is 114 Å². The molecule has 10 aliphatic rings. The first-order valence-electron chi connectivity index (χ1n) is 26.1. The van der Waals surface area contributed by atoms with Crippen molar-refractivity contribution in [1.29, 1.82) is 0 Å². The van der Waals surface area contributed by atoms with Crippen LogP contribution in [0.5, 0.6) is 0 Å².